The highest BCUT2D eigenvalue weighted by Gasteiger charge is 2.16. The predicted molar refractivity (Wildman–Crippen MR) is 112 cm³/mol. The molecule has 2 aliphatic heterocycles. The van der Waals surface area contributed by atoms with Crippen molar-refractivity contribution in [1.82, 2.24) is 10.2 Å². The van der Waals surface area contributed by atoms with Crippen molar-refractivity contribution in [3.05, 3.63) is 24.3 Å². The Morgan fingerprint density at radius 2 is 1.72 bits per heavy atom. The smallest absolute Gasteiger partial charge is 0.319 e. The zero-order chi connectivity index (χ0) is 20.3. The average Bonchev–Trinajstić information content (AvgIpc) is 3.26. The molecule has 1 aromatic rings. The Hall–Kier alpha value is -2.16. The van der Waals surface area contributed by atoms with Crippen LogP contribution in [-0.4, -0.2) is 68.9 Å². The second-order valence-electron chi connectivity index (χ2n) is 7.51. The molecule has 0 bridgehead atoms. The van der Waals surface area contributed by atoms with Crippen LogP contribution in [0.2, 0.25) is 0 Å². The minimum absolute atomic E-state index is 0.0157. The fraction of sp³-hybridized carbons (Fsp3) is 0.619. The molecule has 2 fully saturated rings. The van der Waals surface area contributed by atoms with Gasteiger partial charge in [0.1, 0.15) is 0 Å². The molecule has 0 spiro atoms. The largest absolute Gasteiger partial charge is 0.379 e. The Labute approximate surface area is 172 Å². The van der Waals surface area contributed by atoms with Crippen molar-refractivity contribution in [2.24, 2.45) is 0 Å². The number of carbonyl (C=O) groups excluding carboxylic acids is 2. The highest BCUT2D eigenvalue weighted by atomic mass is 16.5. The summed E-state index contributed by atoms with van der Waals surface area (Å²) in [6, 6.07) is 6.89. The number of hydrogen-bond donors (Lipinski definition) is 3. The van der Waals surface area contributed by atoms with Crippen LogP contribution < -0.4 is 16.0 Å². The summed E-state index contributed by atoms with van der Waals surface area (Å²) in [6.07, 6.45) is 4.55. The minimum Gasteiger partial charge on any atom is -0.379 e. The number of hydrogen-bond acceptors (Lipinski definition) is 5. The second kappa shape index (κ2) is 11.7. The maximum absolute atomic E-state index is 12.1. The number of anilines is 2. The molecule has 3 rings (SSSR count). The molecule has 160 valence electrons. The van der Waals surface area contributed by atoms with E-state index in [1.54, 1.807) is 24.3 Å². The highest BCUT2D eigenvalue weighted by Crippen LogP contribution is 2.15. The lowest BCUT2D eigenvalue weighted by Crippen LogP contribution is -2.36. The third-order valence-electron chi connectivity index (χ3n) is 5.17. The van der Waals surface area contributed by atoms with Crippen LogP contribution in [-0.2, 0) is 14.3 Å². The minimum atomic E-state index is -0.252. The van der Waals surface area contributed by atoms with Gasteiger partial charge in [0.2, 0.25) is 5.91 Å². The van der Waals surface area contributed by atoms with Crippen molar-refractivity contribution in [2.75, 3.05) is 56.6 Å². The number of nitrogens with zero attached hydrogens (tertiary/aromatic N) is 1. The van der Waals surface area contributed by atoms with Gasteiger partial charge in [-0.05, 0) is 56.5 Å². The van der Waals surface area contributed by atoms with Crippen molar-refractivity contribution in [3.63, 3.8) is 0 Å². The van der Waals surface area contributed by atoms with E-state index in [9.17, 15) is 9.59 Å². The first kappa shape index (κ1) is 21.5. The molecule has 0 radical (unpaired) electrons. The summed E-state index contributed by atoms with van der Waals surface area (Å²) in [4.78, 5) is 26.4. The van der Waals surface area contributed by atoms with Crippen LogP contribution in [0.5, 0.6) is 0 Å². The lowest BCUT2D eigenvalue weighted by molar-refractivity contribution is -0.116. The molecule has 0 aromatic heterocycles. The van der Waals surface area contributed by atoms with E-state index in [4.69, 9.17) is 9.47 Å². The van der Waals surface area contributed by atoms with Gasteiger partial charge in [-0.25, -0.2) is 4.79 Å². The molecule has 8 heteroatoms. The molecule has 3 N–H and O–H groups in total. The zero-order valence-corrected chi connectivity index (χ0v) is 17.0. The molecule has 29 heavy (non-hydrogen) atoms. The molecule has 0 saturated carbocycles. The molecule has 1 atom stereocenters. The number of rotatable bonds is 9. The van der Waals surface area contributed by atoms with Gasteiger partial charge in [-0.3, -0.25) is 9.69 Å². The van der Waals surface area contributed by atoms with Gasteiger partial charge in [-0.15, -0.1) is 0 Å². The molecule has 2 aliphatic rings. The number of morpholine rings is 1. The Balaban J connectivity index is 1.29. The number of nitrogens with one attached hydrogen (secondary N) is 3. The van der Waals surface area contributed by atoms with Crippen molar-refractivity contribution >= 4 is 23.3 Å². The van der Waals surface area contributed by atoms with Crippen LogP contribution in [0.1, 0.15) is 32.1 Å². The van der Waals surface area contributed by atoms with Gasteiger partial charge in [0.25, 0.3) is 0 Å². The van der Waals surface area contributed by atoms with E-state index in [0.29, 0.717) is 18.7 Å². The van der Waals surface area contributed by atoms with Crippen molar-refractivity contribution in [1.29, 1.82) is 0 Å². The van der Waals surface area contributed by atoms with Crippen molar-refractivity contribution < 1.29 is 19.1 Å². The van der Waals surface area contributed by atoms with E-state index in [2.05, 4.69) is 20.9 Å². The van der Waals surface area contributed by atoms with Crippen molar-refractivity contribution in [3.8, 4) is 0 Å². The van der Waals surface area contributed by atoms with Gasteiger partial charge in [0.15, 0.2) is 0 Å². The lowest BCUT2D eigenvalue weighted by Gasteiger charge is -2.26. The monoisotopic (exact) mass is 404 g/mol. The average molecular weight is 405 g/mol. The van der Waals surface area contributed by atoms with Crippen LogP contribution in [0.15, 0.2) is 24.3 Å². The Morgan fingerprint density at radius 1 is 1.00 bits per heavy atom. The number of urea groups is 1. The second-order valence-corrected chi connectivity index (χ2v) is 7.51. The van der Waals surface area contributed by atoms with Gasteiger partial charge in [0.05, 0.1) is 19.3 Å². The summed E-state index contributed by atoms with van der Waals surface area (Å²) in [5.41, 5.74) is 1.41. The number of benzene rings is 1. The topological polar surface area (TPSA) is 91.9 Å². The Morgan fingerprint density at radius 3 is 2.41 bits per heavy atom. The molecule has 2 saturated heterocycles. The molecular formula is C21H32N4O4. The van der Waals surface area contributed by atoms with Crippen LogP contribution in [0.3, 0.4) is 0 Å². The standard InChI is InChI=1S/C21H32N4O4/c26-20(5-1-2-10-25-11-14-28-15-12-25)23-17-6-8-18(9-7-17)24-21(27)22-16-19-4-3-13-29-19/h6-9,19H,1-5,10-16H2,(H,23,26)(H2,22,24,27). The molecule has 2 heterocycles. The molecule has 3 amide bonds. The van der Waals surface area contributed by atoms with Gasteiger partial charge in [0, 0.05) is 44.0 Å². The molecule has 1 unspecified atom stereocenters. The summed E-state index contributed by atoms with van der Waals surface area (Å²) < 4.78 is 10.8. The zero-order valence-electron chi connectivity index (χ0n) is 17.0. The quantitative estimate of drug-likeness (QED) is 0.550. The number of unbranched alkanes of at least 4 members (excludes halogenated alkanes) is 1. The summed E-state index contributed by atoms with van der Waals surface area (Å²) >= 11 is 0. The molecule has 8 nitrogen and oxygen atoms in total. The summed E-state index contributed by atoms with van der Waals surface area (Å²) in [6.45, 7) is 5.90. The number of ether oxygens (including phenoxy) is 2. The Kier molecular flexibility index (Phi) is 8.73. The summed E-state index contributed by atoms with van der Waals surface area (Å²) in [7, 11) is 0. The molecule has 1 aromatic carbocycles. The van der Waals surface area contributed by atoms with E-state index >= 15 is 0 Å². The van der Waals surface area contributed by atoms with Crippen LogP contribution in [0.4, 0.5) is 16.2 Å². The van der Waals surface area contributed by atoms with Crippen molar-refractivity contribution in [2.45, 2.75) is 38.2 Å². The molecular weight excluding hydrogens is 372 g/mol. The van der Waals surface area contributed by atoms with Gasteiger partial charge >= 0.3 is 6.03 Å². The van der Waals surface area contributed by atoms with E-state index in [1.165, 1.54) is 0 Å². The first-order valence-electron chi connectivity index (χ1n) is 10.6. The maximum atomic E-state index is 12.1. The van der Waals surface area contributed by atoms with Gasteiger partial charge in [-0.2, -0.15) is 0 Å². The SMILES string of the molecule is O=C(CCCCN1CCOCC1)Nc1ccc(NC(=O)NCC2CCCO2)cc1. The normalized spacial score (nSPS) is 19.7. The van der Waals surface area contributed by atoms with Crippen LogP contribution in [0, 0.1) is 0 Å². The number of carbonyl (C=O) groups is 2. The number of amides is 3. The first-order valence-corrected chi connectivity index (χ1v) is 10.6. The molecule has 0 aliphatic carbocycles. The van der Waals surface area contributed by atoms with Crippen LogP contribution in [0.25, 0.3) is 0 Å². The van der Waals surface area contributed by atoms with Gasteiger partial charge in [-0.1, -0.05) is 0 Å². The Bertz CT molecular complexity index is 641. The summed E-state index contributed by atoms with van der Waals surface area (Å²) in [5.74, 6) is 0.0157. The fourth-order valence-corrected chi connectivity index (χ4v) is 3.49. The highest BCUT2D eigenvalue weighted by molar-refractivity contribution is 5.92. The lowest BCUT2D eigenvalue weighted by atomic mass is 10.2. The van der Waals surface area contributed by atoms with E-state index < -0.39 is 0 Å². The van der Waals surface area contributed by atoms with Gasteiger partial charge < -0.3 is 25.4 Å². The summed E-state index contributed by atoms with van der Waals surface area (Å²) in [5, 5.41) is 8.51. The fourth-order valence-electron chi connectivity index (χ4n) is 3.49. The first-order chi connectivity index (χ1) is 14.2. The third-order valence-corrected chi connectivity index (χ3v) is 5.17. The third kappa shape index (κ3) is 8.00. The van der Waals surface area contributed by atoms with Crippen LogP contribution >= 0.6 is 0 Å². The maximum Gasteiger partial charge on any atom is 0.319 e. The van der Waals surface area contributed by atoms with E-state index in [1.807, 2.05) is 0 Å². The van der Waals surface area contributed by atoms with E-state index in [-0.39, 0.29) is 18.0 Å². The predicted octanol–water partition coefficient (Wildman–Crippen LogP) is 2.43. The van der Waals surface area contributed by atoms with E-state index in [0.717, 1.165) is 70.8 Å².